The molecule has 0 radical (unpaired) electrons. The van der Waals surface area contributed by atoms with Gasteiger partial charge in [-0.05, 0) is 31.5 Å². The van der Waals surface area contributed by atoms with Gasteiger partial charge in [-0.3, -0.25) is 4.79 Å². The normalized spacial score (nSPS) is 22.1. The van der Waals surface area contributed by atoms with Crippen molar-refractivity contribution in [1.29, 1.82) is 0 Å². The van der Waals surface area contributed by atoms with Crippen molar-refractivity contribution in [3.05, 3.63) is 23.8 Å². The number of nitrogens with two attached hydrogens (primary N) is 2. The van der Waals surface area contributed by atoms with Gasteiger partial charge in [0.25, 0.3) is 5.91 Å². The van der Waals surface area contributed by atoms with Crippen molar-refractivity contribution >= 4 is 11.6 Å². The van der Waals surface area contributed by atoms with Crippen LogP contribution in [0.4, 0.5) is 5.69 Å². The van der Waals surface area contributed by atoms with Crippen LogP contribution in [0.3, 0.4) is 0 Å². The largest absolute Gasteiger partial charge is 0.479 e. The summed E-state index contributed by atoms with van der Waals surface area (Å²) in [6, 6.07) is 5.09. The van der Waals surface area contributed by atoms with E-state index in [1.54, 1.807) is 6.92 Å². The fourth-order valence-corrected chi connectivity index (χ4v) is 1.74. The highest BCUT2D eigenvalue weighted by atomic mass is 16.5. The number of hydrogen-bond donors (Lipinski definition) is 3. The maximum absolute atomic E-state index is 11.5. The average molecular weight is 235 g/mol. The summed E-state index contributed by atoms with van der Waals surface area (Å²) < 4.78 is 5.46. The van der Waals surface area contributed by atoms with Gasteiger partial charge in [0.15, 0.2) is 6.10 Å². The molecule has 1 aliphatic rings. The monoisotopic (exact) mass is 235 g/mol. The molecule has 5 heteroatoms. The lowest BCUT2D eigenvalue weighted by Gasteiger charge is -2.25. The van der Waals surface area contributed by atoms with Gasteiger partial charge in [0.1, 0.15) is 5.75 Å². The first-order valence-corrected chi connectivity index (χ1v) is 5.61. The number of rotatable bonds is 2. The van der Waals surface area contributed by atoms with Gasteiger partial charge in [-0.15, -0.1) is 0 Å². The number of anilines is 1. The van der Waals surface area contributed by atoms with Crippen LogP contribution in [0.25, 0.3) is 0 Å². The smallest absolute Gasteiger partial charge is 0.265 e. The Hall–Kier alpha value is -1.59. The van der Waals surface area contributed by atoms with Crippen LogP contribution in [0, 0.1) is 0 Å². The molecule has 5 nitrogen and oxygen atoms in total. The highest BCUT2D eigenvalue weighted by Gasteiger charge is 2.24. The van der Waals surface area contributed by atoms with Crippen molar-refractivity contribution in [3.63, 3.8) is 0 Å². The van der Waals surface area contributed by atoms with Gasteiger partial charge >= 0.3 is 0 Å². The molecule has 0 aliphatic carbocycles. The molecule has 1 heterocycles. The second kappa shape index (κ2) is 4.35. The second-order valence-electron chi connectivity index (χ2n) is 4.39. The van der Waals surface area contributed by atoms with Gasteiger partial charge in [-0.2, -0.15) is 0 Å². The lowest BCUT2D eigenvalue weighted by Crippen LogP contribution is -2.35. The maximum atomic E-state index is 11.5. The van der Waals surface area contributed by atoms with Crippen LogP contribution in [0.2, 0.25) is 0 Å². The molecule has 0 bridgehead atoms. The predicted octanol–water partition coefficient (Wildman–Crippen LogP) is 0.753. The Morgan fingerprint density at radius 2 is 2.12 bits per heavy atom. The zero-order valence-corrected chi connectivity index (χ0v) is 9.94. The molecular weight excluding hydrogens is 218 g/mol. The molecule has 5 N–H and O–H groups in total. The van der Waals surface area contributed by atoms with Crippen LogP contribution >= 0.6 is 0 Å². The summed E-state index contributed by atoms with van der Waals surface area (Å²) in [4.78, 5) is 11.5. The molecule has 0 aromatic heterocycles. The third-order valence-corrected chi connectivity index (χ3v) is 2.89. The minimum atomic E-state index is -0.463. The minimum absolute atomic E-state index is 0.146. The number of carbonyl (C=O) groups excluding carboxylic acids is 1. The standard InChI is InChI=1S/C12H17N3O2/c1-6(13)11(14)8-3-4-10-9(5-8)15-12(16)7(2)17-10/h3-7,11H,13-14H2,1-2H3,(H,15,16). The molecular formula is C12H17N3O2. The first-order valence-electron chi connectivity index (χ1n) is 5.61. The van der Waals surface area contributed by atoms with Gasteiger partial charge in [0.05, 0.1) is 5.69 Å². The lowest BCUT2D eigenvalue weighted by molar-refractivity contribution is -0.122. The van der Waals surface area contributed by atoms with E-state index in [1.165, 1.54) is 0 Å². The number of amides is 1. The Labute approximate surface area is 100 Å². The molecule has 0 saturated heterocycles. The highest BCUT2D eigenvalue weighted by Crippen LogP contribution is 2.32. The molecule has 2 rings (SSSR count). The predicted molar refractivity (Wildman–Crippen MR) is 65.7 cm³/mol. The molecule has 1 aliphatic heterocycles. The van der Waals surface area contributed by atoms with Gasteiger partial charge in [0, 0.05) is 12.1 Å². The Bertz CT molecular complexity index is 445. The van der Waals surface area contributed by atoms with E-state index in [0.29, 0.717) is 11.4 Å². The fraction of sp³-hybridized carbons (Fsp3) is 0.417. The molecule has 3 unspecified atom stereocenters. The Kier molecular flexibility index (Phi) is 3.04. The van der Waals surface area contributed by atoms with E-state index in [0.717, 1.165) is 5.56 Å². The number of fused-ring (bicyclic) bond motifs is 1. The fourth-order valence-electron chi connectivity index (χ4n) is 1.74. The lowest BCUT2D eigenvalue weighted by atomic mass is 10.0. The van der Waals surface area contributed by atoms with E-state index >= 15 is 0 Å². The number of nitrogens with one attached hydrogen (secondary N) is 1. The number of carbonyl (C=O) groups is 1. The number of benzene rings is 1. The zero-order valence-electron chi connectivity index (χ0n) is 9.94. The van der Waals surface area contributed by atoms with Crippen molar-refractivity contribution in [2.45, 2.75) is 32.0 Å². The van der Waals surface area contributed by atoms with E-state index in [-0.39, 0.29) is 18.0 Å². The molecule has 0 spiro atoms. The summed E-state index contributed by atoms with van der Waals surface area (Å²) in [7, 11) is 0. The van der Waals surface area contributed by atoms with Crippen LogP contribution in [0.15, 0.2) is 18.2 Å². The van der Waals surface area contributed by atoms with E-state index in [9.17, 15) is 4.79 Å². The van der Waals surface area contributed by atoms with Gasteiger partial charge < -0.3 is 21.5 Å². The average Bonchev–Trinajstić information content (AvgIpc) is 2.29. The van der Waals surface area contributed by atoms with Gasteiger partial charge in [-0.1, -0.05) is 6.07 Å². The van der Waals surface area contributed by atoms with E-state index in [2.05, 4.69) is 5.32 Å². The van der Waals surface area contributed by atoms with Crippen LogP contribution in [-0.4, -0.2) is 18.1 Å². The molecule has 17 heavy (non-hydrogen) atoms. The van der Waals surface area contributed by atoms with Crippen LogP contribution in [-0.2, 0) is 4.79 Å². The van der Waals surface area contributed by atoms with Crippen LogP contribution in [0.5, 0.6) is 5.75 Å². The van der Waals surface area contributed by atoms with Crippen LogP contribution < -0.4 is 21.5 Å². The third-order valence-electron chi connectivity index (χ3n) is 2.89. The summed E-state index contributed by atoms with van der Waals surface area (Å²) in [5.41, 5.74) is 13.2. The van der Waals surface area contributed by atoms with Crippen molar-refractivity contribution < 1.29 is 9.53 Å². The molecule has 0 fully saturated rings. The number of hydrogen-bond acceptors (Lipinski definition) is 4. The van der Waals surface area contributed by atoms with Gasteiger partial charge in [-0.25, -0.2) is 0 Å². The van der Waals surface area contributed by atoms with Crippen molar-refractivity contribution in [1.82, 2.24) is 0 Å². The minimum Gasteiger partial charge on any atom is -0.479 e. The Balaban J connectivity index is 2.32. The van der Waals surface area contributed by atoms with Crippen molar-refractivity contribution in [2.75, 3.05) is 5.32 Å². The zero-order chi connectivity index (χ0) is 12.6. The molecule has 1 aromatic rings. The summed E-state index contributed by atoms with van der Waals surface area (Å²) in [6.07, 6.45) is -0.463. The molecule has 92 valence electrons. The van der Waals surface area contributed by atoms with Crippen molar-refractivity contribution in [3.8, 4) is 5.75 Å². The first kappa shape index (κ1) is 11.9. The Morgan fingerprint density at radius 3 is 2.76 bits per heavy atom. The third kappa shape index (κ3) is 2.25. The van der Waals surface area contributed by atoms with Crippen LogP contribution in [0.1, 0.15) is 25.5 Å². The summed E-state index contributed by atoms with van der Waals surface area (Å²) >= 11 is 0. The van der Waals surface area contributed by atoms with E-state index in [1.807, 2.05) is 25.1 Å². The molecule has 1 amide bonds. The quantitative estimate of drug-likeness (QED) is 0.705. The van der Waals surface area contributed by atoms with Gasteiger partial charge in [0.2, 0.25) is 0 Å². The molecule has 1 aromatic carbocycles. The summed E-state index contributed by atoms with van der Waals surface area (Å²) in [6.45, 7) is 3.56. The van der Waals surface area contributed by atoms with E-state index in [4.69, 9.17) is 16.2 Å². The SMILES string of the molecule is CC1Oc2ccc(C(N)C(C)N)cc2NC1=O. The maximum Gasteiger partial charge on any atom is 0.265 e. The summed E-state index contributed by atoms with van der Waals surface area (Å²) in [5.74, 6) is 0.516. The van der Waals surface area contributed by atoms with E-state index < -0.39 is 6.10 Å². The topological polar surface area (TPSA) is 90.4 Å². The number of ether oxygens (including phenoxy) is 1. The molecule has 0 saturated carbocycles. The molecule has 3 atom stereocenters. The summed E-state index contributed by atoms with van der Waals surface area (Å²) in [5, 5.41) is 2.78. The highest BCUT2D eigenvalue weighted by molar-refractivity contribution is 5.97. The first-order chi connectivity index (χ1) is 7.99. The van der Waals surface area contributed by atoms with Crippen molar-refractivity contribution in [2.24, 2.45) is 11.5 Å². The second-order valence-corrected chi connectivity index (χ2v) is 4.39. The Morgan fingerprint density at radius 1 is 1.41 bits per heavy atom.